The molecule has 0 N–H and O–H groups in total. The highest BCUT2D eigenvalue weighted by molar-refractivity contribution is 7.00. The number of nitrogens with zero attached hydrogens (tertiary/aromatic N) is 2. The topological polar surface area (TPSA) is 6.48 Å². The lowest BCUT2D eigenvalue weighted by molar-refractivity contribution is 0.568. The minimum atomic E-state index is -0.0732. The van der Waals surface area contributed by atoms with Crippen molar-refractivity contribution in [3.63, 3.8) is 0 Å². The Morgan fingerprint density at radius 3 is 1.04 bits per heavy atom. The van der Waals surface area contributed by atoms with E-state index in [9.17, 15) is 0 Å². The van der Waals surface area contributed by atoms with Gasteiger partial charge in [0.1, 0.15) is 0 Å². The number of hydrogen-bond acceptors (Lipinski definition) is 2. The summed E-state index contributed by atoms with van der Waals surface area (Å²) in [4.78, 5) is 5.31. The molecule has 0 saturated carbocycles. The molecule has 0 saturated heterocycles. The van der Waals surface area contributed by atoms with Crippen LogP contribution in [0.5, 0.6) is 0 Å². The Morgan fingerprint density at radius 1 is 0.324 bits per heavy atom. The van der Waals surface area contributed by atoms with Crippen LogP contribution in [0.2, 0.25) is 0 Å². The van der Waals surface area contributed by atoms with E-state index >= 15 is 0 Å². The predicted octanol–water partition coefficient (Wildman–Crippen LogP) is 17.2. The van der Waals surface area contributed by atoms with Gasteiger partial charge in [0, 0.05) is 34.1 Å². The zero-order chi connectivity index (χ0) is 50.1. The van der Waals surface area contributed by atoms with Gasteiger partial charge in [-0.15, -0.1) is 0 Å². The van der Waals surface area contributed by atoms with Crippen molar-refractivity contribution < 1.29 is 0 Å². The standard InChI is InChI=1S/C68H69BN2/c1-42-28-49(44-22-16-15-17-23-44)29-43(2)63(42)50-34-61-64-62(35-50)71(56-40-53(67(9,10)11)37-54(41-56)68(12,13)14)60-33-48-27-21-19-25-46(48)31-58(60)69(64)57-30-45-24-18-20-26-47(45)32-59(57)70(61)55-38-51(65(3,4)5)36-52(39-55)66(6,7)8/h15-41H,1-14H3. The largest absolute Gasteiger partial charge is 0.311 e. The van der Waals surface area contributed by atoms with Gasteiger partial charge in [-0.25, -0.2) is 0 Å². The van der Waals surface area contributed by atoms with Crippen molar-refractivity contribution in [3.8, 4) is 22.3 Å². The Bertz CT molecular complexity index is 3330. The predicted molar refractivity (Wildman–Crippen MR) is 311 cm³/mol. The lowest BCUT2D eigenvalue weighted by Crippen LogP contribution is -2.61. The van der Waals surface area contributed by atoms with Crippen molar-refractivity contribution in [2.45, 2.75) is 119 Å². The maximum atomic E-state index is 2.66. The molecule has 9 aromatic rings. The van der Waals surface area contributed by atoms with Gasteiger partial charge < -0.3 is 9.80 Å². The minimum absolute atomic E-state index is 0.0378. The third kappa shape index (κ3) is 8.07. The fourth-order valence-electron chi connectivity index (χ4n) is 11.5. The quantitative estimate of drug-likeness (QED) is 0.162. The van der Waals surface area contributed by atoms with Crippen LogP contribution in [0, 0.1) is 13.8 Å². The molecule has 71 heavy (non-hydrogen) atoms. The van der Waals surface area contributed by atoms with Gasteiger partial charge in [-0.3, -0.25) is 0 Å². The van der Waals surface area contributed by atoms with Crippen LogP contribution in [0.15, 0.2) is 164 Å². The molecular formula is C68H69BN2. The van der Waals surface area contributed by atoms with Gasteiger partial charge in [0.15, 0.2) is 0 Å². The van der Waals surface area contributed by atoms with Crippen LogP contribution in [0.3, 0.4) is 0 Å². The number of benzene rings is 9. The van der Waals surface area contributed by atoms with E-state index in [-0.39, 0.29) is 28.4 Å². The van der Waals surface area contributed by atoms with Gasteiger partial charge >= 0.3 is 0 Å². The molecular weight excluding hydrogens is 856 g/mol. The minimum Gasteiger partial charge on any atom is -0.311 e. The van der Waals surface area contributed by atoms with Gasteiger partial charge in [0.25, 0.3) is 6.71 Å². The van der Waals surface area contributed by atoms with Crippen LogP contribution < -0.4 is 26.2 Å². The Morgan fingerprint density at radius 2 is 0.676 bits per heavy atom. The highest BCUT2D eigenvalue weighted by Gasteiger charge is 2.45. The number of aryl methyl sites for hydroxylation is 2. The van der Waals surface area contributed by atoms with Crippen LogP contribution in [0.1, 0.15) is 116 Å². The molecule has 2 aliphatic heterocycles. The van der Waals surface area contributed by atoms with Crippen LogP contribution in [-0.4, -0.2) is 6.71 Å². The number of fused-ring (bicyclic) bond motifs is 6. The first-order chi connectivity index (χ1) is 33.5. The summed E-state index contributed by atoms with van der Waals surface area (Å²) in [7, 11) is 0. The number of anilines is 6. The van der Waals surface area contributed by atoms with Crippen molar-refractivity contribution in [3.05, 3.63) is 197 Å². The first-order valence-corrected chi connectivity index (χ1v) is 25.9. The molecule has 0 aromatic heterocycles. The molecule has 0 fully saturated rings. The monoisotopic (exact) mass is 925 g/mol. The van der Waals surface area contributed by atoms with Crippen LogP contribution in [0.4, 0.5) is 34.1 Å². The van der Waals surface area contributed by atoms with E-state index in [0.717, 1.165) is 0 Å². The second-order valence-electron chi connectivity index (χ2n) is 24.9. The van der Waals surface area contributed by atoms with Crippen LogP contribution in [-0.2, 0) is 21.7 Å². The van der Waals surface area contributed by atoms with E-state index in [4.69, 9.17) is 0 Å². The van der Waals surface area contributed by atoms with Crippen molar-refractivity contribution in [1.82, 2.24) is 0 Å². The smallest absolute Gasteiger partial charge is 0.252 e. The molecule has 3 heteroatoms. The Labute approximate surface area is 424 Å². The van der Waals surface area contributed by atoms with E-state index < -0.39 is 0 Å². The average Bonchev–Trinajstić information content (AvgIpc) is 3.31. The number of rotatable bonds is 4. The highest BCUT2D eigenvalue weighted by Crippen LogP contribution is 2.50. The van der Waals surface area contributed by atoms with Gasteiger partial charge in [-0.05, 0) is 178 Å². The molecule has 2 nitrogen and oxygen atoms in total. The van der Waals surface area contributed by atoms with Gasteiger partial charge in [-0.2, -0.15) is 0 Å². The lowest BCUT2D eigenvalue weighted by atomic mass is 9.33. The van der Waals surface area contributed by atoms with E-state index in [1.807, 2.05) is 0 Å². The van der Waals surface area contributed by atoms with Gasteiger partial charge in [0.05, 0.1) is 0 Å². The Hall–Kier alpha value is -6.84. The summed E-state index contributed by atoms with van der Waals surface area (Å²) in [6.45, 7) is 32.9. The summed E-state index contributed by atoms with van der Waals surface area (Å²) in [5.74, 6) is 0. The summed E-state index contributed by atoms with van der Waals surface area (Å²) < 4.78 is 0. The molecule has 2 aliphatic rings. The molecule has 0 aliphatic carbocycles. The fourth-order valence-corrected chi connectivity index (χ4v) is 11.5. The van der Waals surface area contributed by atoms with Gasteiger partial charge in [-0.1, -0.05) is 198 Å². The zero-order valence-corrected chi connectivity index (χ0v) is 44.6. The molecule has 0 unspecified atom stereocenters. The fraction of sp³-hybridized carbons (Fsp3) is 0.265. The highest BCUT2D eigenvalue weighted by atomic mass is 15.2. The Balaban J connectivity index is 1.32. The SMILES string of the molecule is Cc1cc(-c2ccccc2)cc(C)c1-c1cc2c3c(c1)N(c1cc(C(C)(C)C)cc(C(C)(C)C)c1)c1cc4ccccc4cc1B3c1cc3ccccc3cc1N2c1cc(C(C)(C)C)cc(C(C)(C)C)c1. The van der Waals surface area contributed by atoms with Crippen molar-refractivity contribution in [1.29, 1.82) is 0 Å². The third-order valence-corrected chi connectivity index (χ3v) is 15.5. The first-order valence-electron chi connectivity index (χ1n) is 25.9. The van der Waals surface area contributed by atoms with Crippen molar-refractivity contribution in [2.75, 3.05) is 9.80 Å². The van der Waals surface area contributed by atoms with Crippen molar-refractivity contribution in [2.24, 2.45) is 0 Å². The molecule has 2 heterocycles. The molecule has 0 amide bonds. The summed E-state index contributed by atoms with van der Waals surface area (Å²) in [6, 6.07) is 63.6. The molecule has 9 aromatic carbocycles. The second-order valence-corrected chi connectivity index (χ2v) is 24.9. The lowest BCUT2D eigenvalue weighted by Gasteiger charge is -2.45. The van der Waals surface area contributed by atoms with Crippen LogP contribution >= 0.6 is 0 Å². The van der Waals surface area contributed by atoms with E-state index in [0.29, 0.717) is 0 Å². The molecule has 11 rings (SSSR count). The molecule has 354 valence electrons. The molecule has 0 bridgehead atoms. The zero-order valence-electron chi connectivity index (χ0n) is 44.6. The normalized spacial score (nSPS) is 13.7. The summed E-state index contributed by atoms with van der Waals surface area (Å²) in [6.07, 6.45) is 0. The molecule has 0 atom stereocenters. The second kappa shape index (κ2) is 16.4. The van der Waals surface area contributed by atoms with E-state index in [1.54, 1.807) is 0 Å². The van der Waals surface area contributed by atoms with E-state index in [2.05, 4.69) is 271 Å². The summed E-state index contributed by atoms with van der Waals surface area (Å²) in [5, 5.41) is 5.00. The maximum Gasteiger partial charge on any atom is 0.252 e. The first kappa shape index (κ1) is 46.5. The summed E-state index contributed by atoms with van der Waals surface area (Å²) in [5.41, 5.74) is 23.9. The van der Waals surface area contributed by atoms with Gasteiger partial charge in [0.2, 0.25) is 0 Å². The summed E-state index contributed by atoms with van der Waals surface area (Å²) >= 11 is 0. The molecule has 0 spiro atoms. The number of hydrogen-bond donors (Lipinski definition) is 0. The van der Waals surface area contributed by atoms with Crippen molar-refractivity contribution >= 4 is 78.8 Å². The van der Waals surface area contributed by atoms with E-state index in [1.165, 1.54) is 128 Å². The Kier molecular flexibility index (Phi) is 10.7. The molecule has 0 radical (unpaired) electrons. The van der Waals surface area contributed by atoms with Crippen LogP contribution in [0.25, 0.3) is 43.8 Å². The average molecular weight is 925 g/mol. The third-order valence-electron chi connectivity index (χ3n) is 15.5. The maximum absolute atomic E-state index is 2.66.